The Morgan fingerprint density at radius 3 is 2.15 bits per heavy atom. The third-order valence-corrected chi connectivity index (χ3v) is 5.81. The Hall–Kier alpha value is -3.70. The summed E-state index contributed by atoms with van der Waals surface area (Å²) >= 11 is 2.18. The molecule has 4 aromatic rings. The average molecular weight is 554 g/mol. The van der Waals surface area contributed by atoms with Gasteiger partial charge in [-0.3, -0.25) is 19.6 Å². The van der Waals surface area contributed by atoms with E-state index in [2.05, 4.69) is 38.2 Å². The lowest BCUT2D eigenvalue weighted by atomic mass is 10.0. The maximum atomic E-state index is 13.3. The largest absolute Gasteiger partial charge is 0.361 e. The molecule has 1 atom stereocenters. The van der Waals surface area contributed by atoms with E-state index in [-0.39, 0.29) is 11.1 Å². The number of aromatic amines is 1. The maximum absolute atomic E-state index is 13.3. The Balaban J connectivity index is 1.63. The van der Waals surface area contributed by atoms with Gasteiger partial charge in [0.25, 0.3) is 17.7 Å². The molecule has 5 N–H and O–H groups in total. The van der Waals surface area contributed by atoms with E-state index in [1.165, 1.54) is 24.3 Å². The molecule has 1 aromatic heterocycles. The molecular weight excluding hydrogens is 535 g/mol. The van der Waals surface area contributed by atoms with Crippen molar-refractivity contribution in [1.82, 2.24) is 15.8 Å². The Kier molecular flexibility index (Phi) is 6.71. The predicted molar refractivity (Wildman–Crippen MR) is 132 cm³/mol. The molecule has 33 heavy (non-hydrogen) atoms. The van der Waals surface area contributed by atoms with Crippen LogP contribution in [-0.2, 0) is 4.79 Å². The second-order valence-corrected chi connectivity index (χ2v) is 8.46. The van der Waals surface area contributed by atoms with Crippen LogP contribution in [0, 0.1) is 3.57 Å². The standard InChI is InChI=1S/C24H19IN4O4/c25-16-9-11-17(12-10-16)27-24(32)21(19-13-26-20-4-2-1-3-18(19)20)28-22(30)14-5-7-15(8-6-14)23(31)29-33/h1-13,21,26,33H,(H,27,32)(H,28,30)(H,29,31)/t21-/m0/s1. The highest BCUT2D eigenvalue weighted by atomic mass is 127. The van der Waals surface area contributed by atoms with Gasteiger partial charge in [-0.15, -0.1) is 0 Å². The highest BCUT2D eigenvalue weighted by molar-refractivity contribution is 14.1. The SMILES string of the molecule is O=C(NO)c1ccc(C(=O)N[C@H](C(=O)Nc2ccc(I)cc2)c2c[nH]c3ccccc23)cc1. The summed E-state index contributed by atoms with van der Waals surface area (Å²) in [5.74, 6) is -1.57. The number of carbonyl (C=O) groups is 3. The minimum atomic E-state index is -0.978. The second-order valence-electron chi connectivity index (χ2n) is 7.21. The fourth-order valence-electron chi connectivity index (χ4n) is 3.42. The highest BCUT2D eigenvalue weighted by Crippen LogP contribution is 2.26. The first-order valence-corrected chi connectivity index (χ1v) is 11.0. The summed E-state index contributed by atoms with van der Waals surface area (Å²) in [7, 11) is 0. The lowest BCUT2D eigenvalue weighted by Crippen LogP contribution is -2.37. The Bertz CT molecular complexity index is 1320. The first kappa shape index (κ1) is 22.5. The van der Waals surface area contributed by atoms with Crippen molar-refractivity contribution in [2.45, 2.75) is 6.04 Å². The minimum absolute atomic E-state index is 0.193. The van der Waals surface area contributed by atoms with Gasteiger partial charge in [0.05, 0.1) is 0 Å². The van der Waals surface area contributed by atoms with Gasteiger partial charge in [-0.2, -0.15) is 0 Å². The normalized spacial score (nSPS) is 11.6. The van der Waals surface area contributed by atoms with Crippen LogP contribution < -0.4 is 16.1 Å². The molecule has 0 unspecified atom stereocenters. The van der Waals surface area contributed by atoms with Gasteiger partial charge in [-0.25, -0.2) is 5.48 Å². The number of halogens is 1. The third-order valence-electron chi connectivity index (χ3n) is 5.09. The number of aromatic nitrogens is 1. The van der Waals surface area contributed by atoms with Crippen molar-refractivity contribution < 1.29 is 19.6 Å². The van der Waals surface area contributed by atoms with Gasteiger partial charge in [0.2, 0.25) is 0 Å². The summed E-state index contributed by atoms with van der Waals surface area (Å²) in [6.45, 7) is 0. The molecule has 3 amide bonds. The molecule has 0 spiro atoms. The number of benzene rings is 3. The Labute approximate surface area is 202 Å². The van der Waals surface area contributed by atoms with Crippen LogP contribution in [0.5, 0.6) is 0 Å². The zero-order valence-corrected chi connectivity index (χ0v) is 19.3. The number of para-hydroxylation sites is 1. The summed E-state index contributed by atoms with van der Waals surface area (Å²) in [6.07, 6.45) is 1.71. The molecule has 0 saturated heterocycles. The smallest absolute Gasteiger partial charge is 0.274 e. The molecule has 0 aliphatic heterocycles. The Morgan fingerprint density at radius 2 is 1.48 bits per heavy atom. The van der Waals surface area contributed by atoms with E-state index in [1.54, 1.807) is 23.8 Å². The van der Waals surface area contributed by atoms with Crippen molar-refractivity contribution in [3.8, 4) is 0 Å². The van der Waals surface area contributed by atoms with E-state index in [0.29, 0.717) is 11.3 Å². The number of H-pyrrole nitrogens is 1. The molecule has 166 valence electrons. The van der Waals surface area contributed by atoms with Crippen LogP contribution in [0.15, 0.2) is 79.0 Å². The topological polar surface area (TPSA) is 123 Å². The van der Waals surface area contributed by atoms with E-state index >= 15 is 0 Å². The van der Waals surface area contributed by atoms with Crippen molar-refractivity contribution in [2.24, 2.45) is 0 Å². The van der Waals surface area contributed by atoms with E-state index in [9.17, 15) is 14.4 Å². The number of hydrogen-bond donors (Lipinski definition) is 5. The van der Waals surface area contributed by atoms with Crippen molar-refractivity contribution in [1.29, 1.82) is 0 Å². The molecule has 0 bridgehead atoms. The van der Waals surface area contributed by atoms with Gasteiger partial charge >= 0.3 is 0 Å². The lowest BCUT2D eigenvalue weighted by molar-refractivity contribution is -0.118. The summed E-state index contributed by atoms with van der Waals surface area (Å²) in [4.78, 5) is 40.9. The summed E-state index contributed by atoms with van der Waals surface area (Å²) in [5, 5.41) is 15.2. The van der Waals surface area contributed by atoms with Crippen molar-refractivity contribution >= 4 is 56.9 Å². The molecule has 3 aromatic carbocycles. The molecule has 0 saturated carbocycles. The molecule has 0 radical (unpaired) electrons. The van der Waals surface area contributed by atoms with Crippen LogP contribution in [0.1, 0.15) is 32.3 Å². The first-order valence-electron chi connectivity index (χ1n) is 9.94. The number of amides is 3. The van der Waals surface area contributed by atoms with Crippen LogP contribution >= 0.6 is 22.6 Å². The minimum Gasteiger partial charge on any atom is -0.361 e. The van der Waals surface area contributed by atoms with Gasteiger partial charge in [0.15, 0.2) is 0 Å². The van der Waals surface area contributed by atoms with Gasteiger partial charge in [-0.1, -0.05) is 18.2 Å². The zero-order valence-electron chi connectivity index (χ0n) is 17.1. The monoisotopic (exact) mass is 554 g/mol. The van der Waals surface area contributed by atoms with E-state index in [1.807, 2.05) is 36.4 Å². The number of rotatable bonds is 6. The van der Waals surface area contributed by atoms with Gasteiger partial charge in [-0.05, 0) is 77.2 Å². The summed E-state index contributed by atoms with van der Waals surface area (Å²) < 4.78 is 1.03. The van der Waals surface area contributed by atoms with Crippen LogP contribution in [0.4, 0.5) is 5.69 Å². The number of fused-ring (bicyclic) bond motifs is 1. The fourth-order valence-corrected chi connectivity index (χ4v) is 3.78. The fraction of sp³-hybridized carbons (Fsp3) is 0.0417. The molecule has 0 fully saturated rings. The van der Waals surface area contributed by atoms with Gasteiger partial charge in [0.1, 0.15) is 6.04 Å². The van der Waals surface area contributed by atoms with Crippen molar-refractivity contribution in [3.63, 3.8) is 0 Å². The number of hydrogen-bond acceptors (Lipinski definition) is 4. The molecular formula is C24H19IN4O4. The van der Waals surface area contributed by atoms with Crippen molar-refractivity contribution in [2.75, 3.05) is 5.32 Å². The van der Waals surface area contributed by atoms with Gasteiger partial charge < -0.3 is 15.6 Å². The number of carbonyl (C=O) groups excluding carboxylic acids is 3. The molecule has 4 rings (SSSR count). The van der Waals surface area contributed by atoms with Crippen LogP contribution in [0.2, 0.25) is 0 Å². The first-order chi connectivity index (χ1) is 16.0. The molecule has 0 aliphatic carbocycles. The predicted octanol–water partition coefficient (Wildman–Crippen LogP) is 4.00. The second kappa shape index (κ2) is 9.84. The van der Waals surface area contributed by atoms with Crippen molar-refractivity contribution in [3.05, 3.63) is 99.3 Å². The highest BCUT2D eigenvalue weighted by Gasteiger charge is 2.26. The molecule has 0 aliphatic rings. The Morgan fingerprint density at radius 1 is 0.848 bits per heavy atom. The van der Waals surface area contributed by atoms with Gasteiger partial charge in [0, 0.05) is 43.0 Å². The van der Waals surface area contributed by atoms with Crippen LogP contribution in [0.25, 0.3) is 10.9 Å². The molecule has 8 nitrogen and oxygen atoms in total. The lowest BCUT2D eigenvalue weighted by Gasteiger charge is -2.19. The average Bonchev–Trinajstić information content (AvgIpc) is 3.27. The van der Waals surface area contributed by atoms with Crippen LogP contribution in [0.3, 0.4) is 0 Å². The maximum Gasteiger partial charge on any atom is 0.274 e. The molecule has 9 heteroatoms. The molecule has 1 heterocycles. The number of hydroxylamine groups is 1. The number of nitrogens with one attached hydrogen (secondary N) is 4. The number of anilines is 1. The van der Waals surface area contributed by atoms with E-state index < -0.39 is 23.8 Å². The summed E-state index contributed by atoms with van der Waals surface area (Å²) in [5.41, 5.74) is 4.07. The quantitative estimate of drug-likeness (QED) is 0.141. The zero-order chi connectivity index (χ0) is 23.4. The van der Waals surface area contributed by atoms with E-state index in [4.69, 9.17) is 5.21 Å². The third kappa shape index (κ3) is 5.04. The van der Waals surface area contributed by atoms with Crippen LogP contribution in [-0.4, -0.2) is 27.9 Å². The summed E-state index contributed by atoms with van der Waals surface area (Å²) in [6, 6.07) is 19.6. The van der Waals surface area contributed by atoms with E-state index in [0.717, 1.165) is 14.5 Å².